The molecule has 2 atom stereocenters. The van der Waals surface area contributed by atoms with Gasteiger partial charge in [-0.15, -0.1) is 0 Å². The Morgan fingerprint density at radius 1 is 0.963 bits per heavy atom. The molecule has 1 aliphatic heterocycles. The molecule has 0 aromatic heterocycles. The molecule has 0 radical (unpaired) electrons. The zero-order valence-electron chi connectivity index (χ0n) is 14.6. The monoisotopic (exact) mass is 366 g/mol. The number of rotatable bonds is 6. The number of fused-ring (bicyclic) bond motifs is 1. The first-order valence-electron chi connectivity index (χ1n) is 8.44. The Morgan fingerprint density at radius 2 is 1.48 bits per heavy atom. The molecular weight excluding hydrogens is 348 g/mol. The SMILES string of the molecule is CC(NC(=O)CC(c1ccccc1)N1C(=O)c2ccccc2C1=O)C(=O)O. The summed E-state index contributed by atoms with van der Waals surface area (Å²) in [5, 5.41) is 11.3. The van der Waals surface area contributed by atoms with Crippen LogP contribution in [-0.4, -0.2) is 39.7 Å². The number of nitrogens with one attached hydrogen (secondary N) is 1. The zero-order chi connectivity index (χ0) is 19.6. The number of imide groups is 1. The first-order valence-corrected chi connectivity index (χ1v) is 8.44. The molecule has 3 rings (SSSR count). The van der Waals surface area contributed by atoms with Crippen LogP contribution in [0.2, 0.25) is 0 Å². The van der Waals surface area contributed by atoms with Crippen LogP contribution in [0.15, 0.2) is 54.6 Å². The van der Waals surface area contributed by atoms with Crippen LogP contribution in [0.5, 0.6) is 0 Å². The van der Waals surface area contributed by atoms with Crippen molar-refractivity contribution in [3.05, 3.63) is 71.3 Å². The molecule has 2 N–H and O–H groups in total. The molecule has 1 aliphatic rings. The minimum Gasteiger partial charge on any atom is -0.480 e. The molecule has 2 aromatic carbocycles. The first kappa shape index (κ1) is 18.3. The molecule has 1 heterocycles. The summed E-state index contributed by atoms with van der Waals surface area (Å²) >= 11 is 0. The van der Waals surface area contributed by atoms with Crippen LogP contribution in [0.1, 0.15) is 45.7 Å². The van der Waals surface area contributed by atoms with Crippen LogP contribution in [0.25, 0.3) is 0 Å². The molecule has 2 unspecified atom stereocenters. The number of amides is 3. The van der Waals surface area contributed by atoms with Crippen LogP contribution in [-0.2, 0) is 9.59 Å². The number of hydrogen-bond acceptors (Lipinski definition) is 4. The summed E-state index contributed by atoms with van der Waals surface area (Å²) < 4.78 is 0. The van der Waals surface area contributed by atoms with E-state index in [1.165, 1.54) is 6.92 Å². The van der Waals surface area contributed by atoms with Gasteiger partial charge in [0.1, 0.15) is 6.04 Å². The molecule has 0 bridgehead atoms. The van der Waals surface area contributed by atoms with Gasteiger partial charge in [0.2, 0.25) is 5.91 Å². The maximum atomic E-state index is 12.8. The number of carbonyl (C=O) groups is 4. The number of carboxylic acid groups (broad SMARTS) is 1. The van der Waals surface area contributed by atoms with Gasteiger partial charge in [0.05, 0.1) is 23.6 Å². The highest BCUT2D eigenvalue weighted by molar-refractivity contribution is 6.21. The maximum absolute atomic E-state index is 12.8. The van der Waals surface area contributed by atoms with Gasteiger partial charge in [-0.25, -0.2) is 0 Å². The van der Waals surface area contributed by atoms with Crippen molar-refractivity contribution in [1.29, 1.82) is 0 Å². The molecular formula is C20H18N2O5. The van der Waals surface area contributed by atoms with Crippen molar-refractivity contribution < 1.29 is 24.3 Å². The van der Waals surface area contributed by atoms with E-state index >= 15 is 0 Å². The average molecular weight is 366 g/mol. The van der Waals surface area contributed by atoms with Crippen molar-refractivity contribution in [3.8, 4) is 0 Å². The third kappa shape index (κ3) is 3.57. The fourth-order valence-corrected chi connectivity index (χ4v) is 3.06. The Bertz CT molecular complexity index is 875. The predicted octanol–water partition coefficient (Wildman–Crippen LogP) is 2.00. The van der Waals surface area contributed by atoms with Crippen molar-refractivity contribution >= 4 is 23.7 Å². The van der Waals surface area contributed by atoms with Crippen LogP contribution in [0.3, 0.4) is 0 Å². The lowest BCUT2D eigenvalue weighted by Gasteiger charge is -2.26. The van der Waals surface area contributed by atoms with Crippen molar-refractivity contribution in [2.45, 2.75) is 25.4 Å². The molecule has 0 spiro atoms. The fraction of sp³-hybridized carbons (Fsp3) is 0.200. The van der Waals surface area contributed by atoms with Gasteiger partial charge in [0.15, 0.2) is 0 Å². The van der Waals surface area contributed by atoms with E-state index in [0.717, 1.165) is 4.90 Å². The molecule has 0 aliphatic carbocycles. The Labute approximate surface area is 155 Å². The lowest BCUT2D eigenvalue weighted by molar-refractivity contribution is -0.141. The van der Waals surface area contributed by atoms with E-state index in [-0.39, 0.29) is 6.42 Å². The predicted molar refractivity (Wildman–Crippen MR) is 96.0 cm³/mol. The van der Waals surface area contributed by atoms with Crippen molar-refractivity contribution in [3.63, 3.8) is 0 Å². The van der Waals surface area contributed by atoms with Crippen molar-refractivity contribution in [2.24, 2.45) is 0 Å². The van der Waals surface area contributed by atoms with Gasteiger partial charge in [-0.2, -0.15) is 0 Å². The van der Waals surface area contributed by atoms with Gasteiger partial charge < -0.3 is 10.4 Å². The average Bonchev–Trinajstić information content (AvgIpc) is 2.91. The summed E-state index contributed by atoms with van der Waals surface area (Å²) in [5.74, 6) is -2.66. The first-order chi connectivity index (χ1) is 12.9. The van der Waals surface area contributed by atoms with Gasteiger partial charge in [0.25, 0.3) is 11.8 Å². The van der Waals surface area contributed by atoms with E-state index in [4.69, 9.17) is 5.11 Å². The molecule has 138 valence electrons. The Kier molecular flexibility index (Phi) is 5.03. The quantitative estimate of drug-likeness (QED) is 0.761. The number of hydrogen-bond donors (Lipinski definition) is 2. The third-order valence-corrected chi connectivity index (χ3v) is 4.45. The summed E-state index contributed by atoms with van der Waals surface area (Å²) in [6, 6.07) is 13.3. The topological polar surface area (TPSA) is 104 Å². The van der Waals surface area contributed by atoms with E-state index in [9.17, 15) is 19.2 Å². The maximum Gasteiger partial charge on any atom is 0.325 e. The van der Waals surface area contributed by atoms with E-state index in [1.807, 2.05) is 0 Å². The van der Waals surface area contributed by atoms with Gasteiger partial charge in [-0.1, -0.05) is 42.5 Å². The fourth-order valence-electron chi connectivity index (χ4n) is 3.06. The highest BCUT2D eigenvalue weighted by Gasteiger charge is 2.41. The molecule has 0 saturated carbocycles. The van der Waals surface area contributed by atoms with E-state index < -0.39 is 35.8 Å². The molecule has 3 amide bonds. The highest BCUT2D eigenvalue weighted by atomic mass is 16.4. The number of nitrogens with zero attached hydrogens (tertiary/aromatic N) is 1. The number of carboxylic acids is 1. The minimum absolute atomic E-state index is 0.229. The normalized spacial score (nSPS) is 15.2. The summed E-state index contributed by atoms with van der Waals surface area (Å²) in [7, 11) is 0. The number of aliphatic carboxylic acids is 1. The Balaban J connectivity index is 1.92. The van der Waals surface area contributed by atoms with Gasteiger partial charge in [-0.05, 0) is 24.6 Å². The standard InChI is InChI=1S/C20H18N2O5/c1-12(20(26)27)21-17(23)11-16(13-7-3-2-4-8-13)22-18(24)14-9-5-6-10-15(14)19(22)25/h2-10,12,16H,11H2,1H3,(H,21,23)(H,26,27). The van der Waals surface area contributed by atoms with Gasteiger partial charge >= 0.3 is 5.97 Å². The van der Waals surface area contributed by atoms with Crippen LogP contribution in [0.4, 0.5) is 0 Å². The summed E-state index contributed by atoms with van der Waals surface area (Å²) in [6.45, 7) is 1.35. The van der Waals surface area contributed by atoms with Gasteiger partial charge in [-0.3, -0.25) is 24.1 Å². The van der Waals surface area contributed by atoms with Crippen molar-refractivity contribution in [2.75, 3.05) is 0 Å². The van der Waals surface area contributed by atoms with E-state index in [0.29, 0.717) is 16.7 Å². The zero-order valence-corrected chi connectivity index (χ0v) is 14.6. The van der Waals surface area contributed by atoms with Gasteiger partial charge in [0, 0.05) is 0 Å². The number of carbonyl (C=O) groups excluding carboxylic acids is 3. The summed E-state index contributed by atoms with van der Waals surface area (Å²) in [6.07, 6.45) is -0.229. The van der Waals surface area contributed by atoms with E-state index in [1.54, 1.807) is 54.6 Å². The Hall–Kier alpha value is -3.48. The largest absolute Gasteiger partial charge is 0.480 e. The van der Waals surface area contributed by atoms with Crippen LogP contribution < -0.4 is 5.32 Å². The second kappa shape index (κ2) is 7.41. The Morgan fingerprint density at radius 3 is 2.00 bits per heavy atom. The molecule has 0 fully saturated rings. The minimum atomic E-state index is -1.17. The number of benzene rings is 2. The molecule has 7 heteroatoms. The lowest BCUT2D eigenvalue weighted by atomic mass is 10.0. The second-order valence-electron chi connectivity index (χ2n) is 6.28. The summed E-state index contributed by atoms with van der Waals surface area (Å²) in [4.78, 5) is 50.0. The highest BCUT2D eigenvalue weighted by Crippen LogP contribution is 2.33. The lowest BCUT2D eigenvalue weighted by Crippen LogP contribution is -2.42. The summed E-state index contributed by atoms with van der Waals surface area (Å²) in [5.41, 5.74) is 1.20. The van der Waals surface area contributed by atoms with Crippen LogP contribution >= 0.6 is 0 Å². The molecule has 0 saturated heterocycles. The van der Waals surface area contributed by atoms with Crippen LogP contribution in [0, 0.1) is 0 Å². The smallest absolute Gasteiger partial charge is 0.325 e. The third-order valence-electron chi connectivity index (χ3n) is 4.45. The second-order valence-corrected chi connectivity index (χ2v) is 6.28. The van der Waals surface area contributed by atoms with Crippen molar-refractivity contribution in [1.82, 2.24) is 10.2 Å². The van der Waals surface area contributed by atoms with E-state index in [2.05, 4.69) is 5.32 Å². The molecule has 7 nitrogen and oxygen atoms in total. The molecule has 2 aromatic rings. The molecule has 27 heavy (non-hydrogen) atoms.